The molecule has 0 bridgehead atoms. The summed E-state index contributed by atoms with van der Waals surface area (Å²) in [6.07, 6.45) is 5.69. The molecule has 0 radical (unpaired) electrons. The number of benzene rings is 2. The van der Waals surface area contributed by atoms with E-state index in [1.807, 2.05) is 0 Å². The van der Waals surface area contributed by atoms with Crippen LogP contribution in [0, 0.1) is 5.82 Å². The zero-order valence-corrected chi connectivity index (χ0v) is 12.9. The molecular formula is C18H12FN3O3. The molecule has 0 N–H and O–H groups in total. The van der Waals surface area contributed by atoms with E-state index in [2.05, 4.69) is 10.1 Å². The van der Waals surface area contributed by atoms with E-state index >= 15 is 0 Å². The van der Waals surface area contributed by atoms with Gasteiger partial charge >= 0.3 is 0 Å². The molecule has 2 heterocycles. The Labute approximate surface area is 142 Å². The molecule has 0 atom stereocenters. The smallest absolute Gasteiger partial charge is 0.231 e. The second-order valence-electron chi connectivity index (χ2n) is 5.32. The first kappa shape index (κ1) is 15.1. The SMILES string of the molecule is O=C(/C=C/c1ccc(-n2cncn2)c(F)c1)c1ccc2c(c1)OCO2. The number of ether oxygens (including phenoxy) is 2. The quantitative estimate of drug-likeness (QED) is 0.541. The summed E-state index contributed by atoms with van der Waals surface area (Å²) in [5.74, 6) is 0.496. The average molecular weight is 337 g/mol. The Balaban J connectivity index is 1.53. The summed E-state index contributed by atoms with van der Waals surface area (Å²) in [4.78, 5) is 16.0. The van der Waals surface area contributed by atoms with Gasteiger partial charge in [0.2, 0.25) is 6.79 Å². The molecule has 1 aromatic heterocycles. The van der Waals surface area contributed by atoms with Gasteiger partial charge in [0.05, 0.1) is 0 Å². The van der Waals surface area contributed by atoms with Gasteiger partial charge in [-0.05, 0) is 42.0 Å². The third-order valence-corrected chi connectivity index (χ3v) is 3.72. The molecule has 6 nitrogen and oxygen atoms in total. The summed E-state index contributed by atoms with van der Waals surface area (Å²) in [6, 6.07) is 9.59. The van der Waals surface area contributed by atoms with Crippen molar-refractivity contribution in [2.45, 2.75) is 0 Å². The molecule has 0 saturated carbocycles. The molecule has 1 aliphatic rings. The zero-order valence-electron chi connectivity index (χ0n) is 12.9. The number of halogens is 1. The number of allylic oxidation sites excluding steroid dienone is 1. The van der Waals surface area contributed by atoms with Crippen LogP contribution in [-0.2, 0) is 0 Å². The Morgan fingerprint density at radius 3 is 2.84 bits per heavy atom. The van der Waals surface area contributed by atoms with E-state index in [9.17, 15) is 9.18 Å². The van der Waals surface area contributed by atoms with Crippen molar-refractivity contribution in [2.75, 3.05) is 6.79 Å². The highest BCUT2D eigenvalue weighted by molar-refractivity contribution is 6.07. The van der Waals surface area contributed by atoms with E-state index in [0.29, 0.717) is 22.6 Å². The molecule has 1 aliphatic heterocycles. The molecule has 0 amide bonds. The number of carbonyl (C=O) groups is 1. The number of carbonyl (C=O) groups excluding carboxylic acids is 1. The van der Waals surface area contributed by atoms with Crippen molar-refractivity contribution in [3.8, 4) is 17.2 Å². The third kappa shape index (κ3) is 2.99. The van der Waals surface area contributed by atoms with Crippen LogP contribution in [0.3, 0.4) is 0 Å². The highest BCUT2D eigenvalue weighted by atomic mass is 19.1. The number of fused-ring (bicyclic) bond motifs is 1. The molecule has 3 aromatic rings. The van der Waals surface area contributed by atoms with Crippen molar-refractivity contribution in [2.24, 2.45) is 0 Å². The summed E-state index contributed by atoms with van der Waals surface area (Å²) >= 11 is 0. The maximum absolute atomic E-state index is 14.2. The number of hydrogen-bond donors (Lipinski definition) is 0. The molecule has 25 heavy (non-hydrogen) atoms. The molecule has 4 rings (SSSR count). The van der Waals surface area contributed by atoms with E-state index in [4.69, 9.17) is 9.47 Å². The van der Waals surface area contributed by atoms with Gasteiger partial charge in [0, 0.05) is 5.56 Å². The second kappa shape index (κ2) is 6.20. The lowest BCUT2D eigenvalue weighted by Gasteiger charge is -2.03. The van der Waals surface area contributed by atoms with Gasteiger partial charge in [-0.1, -0.05) is 12.1 Å². The van der Waals surface area contributed by atoms with Gasteiger partial charge in [0.1, 0.15) is 24.2 Å². The van der Waals surface area contributed by atoms with Crippen LogP contribution in [0.25, 0.3) is 11.8 Å². The van der Waals surface area contributed by atoms with Crippen LogP contribution in [0.15, 0.2) is 55.1 Å². The third-order valence-electron chi connectivity index (χ3n) is 3.72. The number of aromatic nitrogens is 3. The second-order valence-corrected chi connectivity index (χ2v) is 5.32. The van der Waals surface area contributed by atoms with Crippen LogP contribution in [0.2, 0.25) is 0 Å². The molecule has 0 fully saturated rings. The normalized spacial score (nSPS) is 12.7. The lowest BCUT2D eigenvalue weighted by atomic mass is 10.1. The Hall–Kier alpha value is -3.48. The summed E-state index contributed by atoms with van der Waals surface area (Å²) in [5, 5.41) is 3.89. The zero-order chi connectivity index (χ0) is 17.2. The molecule has 0 saturated heterocycles. The van der Waals surface area contributed by atoms with Crippen LogP contribution in [0.1, 0.15) is 15.9 Å². The van der Waals surface area contributed by atoms with Gasteiger partial charge in [0.15, 0.2) is 17.3 Å². The Morgan fingerprint density at radius 2 is 2.04 bits per heavy atom. The lowest BCUT2D eigenvalue weighted by molar-refractivity contribution is 0.104. The van der Waals surface area contributed by atoms with Crippen molar-refractivity contribution in [3.63, 3.8) is 0 Å². The predicted octanol–water partition coefficient (Wildman–Crippen LogP) is 3.03. The van der Waals surface area contributed by atoms with Crippen molar-refractivity contribution < 1.29 is 18.7 Å². The fraction of sp³-hybridized carbons (Fsp3) is 0.0556. The number of nitrogens with zero attached hydrogens (tertiary/aromatic N) is 3. The maximum Gasteiger partial charge on any atom is 0.231 e. The van der Waals surface area contributed by atoms with Gasteiger partial charge in [-0.2, -0.15) is 5.10 Å². The monoisotopic (exact) mass is 337 g/mol. The topological polar surface area (TPSA) is 66.2 Å². The maximum atomic E-state index is 14.2. The lowest BCUT2D eigenvalue weighted by Crippen LogP contribution is -1.98. The number of hydrogen-bond acceptors (Lipinski definition) is 5. The van der Waals surface area contributed by atoms with E-state index in [1.54, 1.807) is 36.4 Å². The van der Waals surface area contributed by atoms with Gasteiger partial charge in [-0.15, -0.1) is 0 Å². The van der Waals surface area contributed by atoms with Crippen LogP contribution < -0.4 is 9.47 Å². The first-order valence-corrected chi connectivity index (χ1v) is 7.47. The Kier molecular flexibility index (Phi) is 3.74. The summed E-state index contributed by atoms with van der Waals surface area (Å²) in [6.45, 7) is 0.153. The minimum absolute atomic E-state index is 0.153. The minimum atomic E-state index is -0.455. The average Bonchev–Trinajstić information content (AvgIpc) is 3.30. The summed E-state index contributed by atoms with van der Waals surface area (Å²) < 4.78 is 26.0. The van der Waals surface area contributed by atoms with E-state index in [1.165, 1.54) is 29.5 Å². The fourth-order valence-corrected chi connectivity index (χ4v) is 2.46. The molecular weight excluding hydrogens is 325 g/mol. The standard InChI is InChI=1S/C18H12FN3O3/c19-14-7-12(1-4-15(14)22-10-20-9-21-22)2-5-16(23)13-3-6-17-18(8-13)25-11-24-17/h1-10H,11H2/b5-2+. The predicted molar refractivity (Wildman–Crippen MR) is 87.2 cm³/mol. The highest BCUT2D eigenvalue weighted by Crippen LogP contribution is 2.32. The molecule has 0 unspecified atom stereocenters. The summed E-state index contributed by atoms with van der Waals surface area (Å²) in [5.41, 5.74) is 1.33. The van der Waals surface area contributed by atoms with Crippen LogP contribution >= 0.6 is 0 Å². The van der Waals surface area contributed by atoms with E-state index in [0.717, 1.165) is 0 Å². The van der Waals surface area contributed by atoms with Crippen LogP contribution in [-0.4, -0.2) is 27.3 Å². The van der Waals surface area contributed by atoms with E-state index < -0.39 is 5.82 Å². The van der Waals surface area contributed by atoms with Crippen LogP contribution in [0.5, 0.6) is 11.5 Å². The van der Waals surface area contributed by atoms with Gasteiger partial charge in [-0.3, -0.25) is 4.79 Å². The Morgan fingerprint density at radius 1 is 1.16 bits per heavy atom. The van der Waals surface area contributed by atoms with Crippen molar-refractivity contribution in [1.82, 2.24) is 14.8 Å². The summed E-state index contributed by atoms with van der Waals surface area (Å²) in [7, 11) is 0. The van der Waals surface area contributed by atoms with Crippen molar-refractivity contribution >= 4 is 11.9 Å². The molecule has 124 valence electrons. The Bertz CT molecular complexity index is 968. The number of rotatable bonds is 4. The van der Waals surface area contributed by atoms with Crippen molar-refractivity contribution in [1.29, 1.82) is 0 Å². The van der Waals surface area contributed by atoms with Gasteiger partial charge in [0.25, 0.3) is 0 Å². The number of ketones is 1. The van der Waals surface area contributed by atoms with Crippen LogP contribution in [0.4, 0.5) is 4.39 Å². The minimum Gasteiger partial charge on any atom is -0.454 e. The fourth-order valence-electron chi connectivity index (χ4n) is 2.46. The molecule has 2 aromatic carbocycles. The van der Waals surface area contributed by atoms with Crippen molar-refractivity contribution in [3.05, 3.63) is 72.1 Å². The first-order valence-electron chi connectivity index (χ1n) is 7.47. The van der Waals surface area contributed by atoms with E-state index in [-0.39, 0.29) is 18.3 Å². The molecule has 0 spiro atoms. The van der Waals surface area contributed by atoms with Gasteiger partial charge in [-0.25, -0.2) is 14.1 Å². The largest absolute Gasteiger partial charge is 0.454 e. The first-order chi connectivity index (χ1) is 12.2. The molecule has 0 aliphatic carbocycles. The molecule has 7 heteroatoms. The highest BCUT2D eigenvalue weighted by Gasteiger charge is 2.15. The van der Waals surface area contributed by atoms with Gasteiger partial charge < -0.3 is 9.47 Å².